The lowest BCUT2D eigenvalue weighted by molar-refractivity contribution is 0.0949. The highest BCUT2D eigenvalue weighted by Crippen LogP contribution is 2.09. The van der Waals surface area contributed by atoms with Crippen molar-refractivity contribution in [2.45, 2.75) is 13.5 Å². The highest BCUT2D eigenvalue weighted by molar-refractivity contribution is 5.93. The predicted octanol–water partition coefficient (Wildman–Crippen LogP) is 1.32. The van der Waals surface area contributed by atoms with Crippen LogP contribution in [0.15, 0.2) is 41.2 Å². The zero-order valence-corrected chi connectivity index (χ0v) is 10.4. The van der Waals surface area contributed by atoms with Crippen LogP contribution in [-0.2, 0) is 6.54 Å². The van der Waals surface area contributed by atoms with Gasteiger partial charge in [0.25, 0.3) is 11.5 Å². The fourth-order valence-corrected chi connectivity index (χ4v) is 1.64. The molecule has 1 aromatic carbocycles. The topological polar surface area (TPSA) is 82.2 Å². The van der Waals surface area contributed by atoms with Crippen molar-refractivity contribution in [3.05, 3.63) is 63.6 Å². The molecule has 19 heavy (non-hydrogen) atoms. The highest BCUT2D eigenvalue weighted by Gasteiger charge is 2.09. The summed E-state index contributed by atoms with van der Waals surface area (Å²) in [6, 6.07) is 9.67. The number of aromatic hydroxyl groups is 1. The Hall–Kier alpha value is -2.56. The molecule has 0 unspecified atom stereocenters. The average molecular weight is 258 g/mol. The molecule has 1 heterocycles. The number of hydrogen-bond donors (Lipinski definition) is 3. The molecule has 0 atom stereocenters. The molecule has 1 amide bonds. The second-order valence-corrected chi connectivity index (χ2v) is 4.23. The molecule has 2 rings (SSSR count). The maximum Gasteiger partial charge on any atom is 0.260 e. The number of H-pyrrole nitrogens is 1. The monoisotopic (exact) mass is 258 g/mol. The standard InChI is InChI=1S/C14H14N2O3/c1-9-2-7-12(14(19)16-9)13(18)15-8-10-3-5-11(17)6-4-10/h2-7,17H,8H2,1H3,(H,15,18)(H,16,19). The third-order valence-corrected chi connectivity index (χ3v) is 2.69. The second kappa shape index (κ2) is 5.39. The lowest BCUT2D eigenvalue weighted by Gasteiger charge is -2.05. The number of pyridine rings is 1. The minimum Gasteiger partial charge on any atom is -0.508 e. The van der Waals surface area contributed by atoms with Crippen LogP contribution in [-0.4, -0.2) is 16.0 Å². The summed E-state index contributed by atoms with van der Waals surface area (Å²) in [5, 5.41) is 11.8. The van der Waals surface area contributed by atoms with Crippen molar-refractivity contribution in [3.63, 3.8) is 0 Å². The molecule has 1 aromatic heterocycles. The van der Waals surface area contributed by atoms with Gasteiger partial charge in [-0.05, 0) is 36.8 Å². The Morgan fingerprint density at radius 3 is 2.53 bits per heavy atom. The third kappa shape index (κ3) is 3.22. The smallest absolute Gasteiger partial charge is 0.260 e. The van der Waals surface area contributed by atoms with Gasteiger partial charge in [-0.25, -0.2) is 0 Å². The summed E-state index contributed by atoms with van der Waals surface area (Å²) in [6.07, 6.45) is 0. The van der Waals surface area contributed by atoms with Crippen LogP contribution in [0.3, 0.4) is 0 Å². The number of aromatic nitrogens is 1. The number of benzene rings is 1. The molecule has 0 aliphatic rings. The molecule has 0 radical (unpaired) electrons. The Balaban J connectivity index is 2.05. The molecule has 3 N–H and O–H groups in total. The minimum absolute atomic E-state index is 0.0874. The van der Waals surface area contributed by atoms with E-state index in [0.717, 1.165) is 5.56 Å². The van der Waals surface area contributed by atoms with Crippen LogP contribution in [0.1, 0.15) is 21.6 Å². The van der Waals surface area contributed by atoms with E-state index < -0.39 is 11.5 Å². The van der Waals surface area contributed by atoms with Crippen LogP contribution < -0.4 is 10.9 Å². The molecule has 0 aliphatic heterocycles. The molecule has 0 bridgehead atoms. The van der Waals surface area contributed by atoms with E-state index in [1.165, 1.54) is 6.07 Å². The molecular weight excluding hydrogens is 244 g/mol. The van der Waals surface area contributed by atoms with E-state index in [9.17, 15) is 9.59 Å². The Kier molecular flexibility index (Phi) is 3.66. The summed E-state index contributed by atoms with van der Waals surface area (Å²) in [7, 11) is 0. The maximum atomic E-state index is 11.8. The highest BCUT2D eigenvalue weighted by atomic mass is 16.3. The first-order valence-corrected chi connectivity index (χ1v) is 5.82. The Labute approximate surface area is 109 Å². The van der Waals surface area contributed by atoms with E-state index in [-0.39, 0.29) is 11.3 Å². The van der Waals surface area contributed by atoms with Gasteiger partial charge in [0, 0.05) is 12.2 Å². The van der Waals surface area contributed by atoms with Gasteiger partial charge in [0.2, 0.25) is 0 Å². The van der Waals surface area contributed by atoms with Gasteiger partial charge in [-0.1, -0.05) is 12.1 Å². The van der Waals surface area contributed by atoms with Gasteiger partial charge in [-0.3, -0.25) is 9.59 Å². The molecule has 2 aromatic rings. The van der Waals surface area contributed by atoms with E-state index in [2.05, 4.69) is 10.3 Å². The molecule has 0 saturated heterocycles. The first kappa shape index (κ1) is 12.9. The van der Waals surface area contributed by atoms with Gasteiger partial charge in [0.15, 0.2) is 0 Å². The van der Waals surface area contributed by atoms with Crippen LogP contribution in [0.4, 0.5) is 0 Å². The lowest BCUT2D eigenvalue weighted by atomic mass is 10.2. The molecule has 5 heteroatoms. The summed E-state index contributed by atoms with van der Waals surface area (Å²) >= 11 is 0. The summed E-state index contributed by atoms with van der Waals surface area (Å²) in [5.74, 6) is -0.251. The molecule has 0 saturated carbocycles. The zero-order chi connectivity index (χ0) is 13.8. The maximum absolute atomic E-state index is 11.8. The van der Waals surface area contributed by atoms with Gasteiger partial charge < -0.3 is 15.4 Å². The van der Waals surface area contributed by atoms with Crippen molar-refractivity contribution in [2.75, 3.05) is 0 Å². The molecule has 0 spiro atoms. The van der Waals surface area contributed by atoms with Crippen molar-refractivity contribution in [1.82, 2.24) is 10.3 Å². The number of aromatic amines is 1. The Morgan fingerprint density at radius 2 is 1.89 bits per heavy atom. The first-order chi connectivity index (χ1) is 9.06. The van der Waals surface area contributed by atoms with E-state index in [0.29, 0.717) is 12.2 Å². The predicted molar refractivity (Wildman–Crippen MR) is 71.1 cm³/mol. The number of carbonyl (C=O) groups excluding carboxylic acids is 1. The average Bonchev–Trinajstić information content (AvgIpc) is 2.37. The fourth-order valence-electron chi connectivity index (χ4n) is 1.64. The summed E-state index contributed by atoms with van der Waals surface area (Å²) < 4.78 is 0. The number of carbonyl (C=O) groups is 1. The van der Waals surface area contributed by atoms with Crippen molar-refractivity contribution >= 4 is 5.91 Å². The normalized spacial score (nSPS) is 10.2. The number of rotatable bonds is 3. The second-order valence-electron chi connectivity index (χ2n) is 4.23. The molecule has 98 valence electrons. The van der Waals surface area contributed by atoms with Crippen LogP contribution in [0.2, 0.25) is 0 Å². The number of aryl methyl sites for hydroxylation is 1. The Bertz CT molecular complexity index is 644. The fraction of sp³-hybridized carbons (Fsp3) is 0.143. The van der Waals surface area contributed by atoms with E-state index >= 15 is 0 Å². The summed E-state index contributed by atoms with van der Waals surface area (Å²) in [4.78, 5) is 26.0. The van der Waals surface area contributed by atoms with Gasteiger partial charge >= 0.3 is 0 Å². The molecule has 5 nitrogen and oxygen atoms in total. The quantitative estimate of drug-likeness (QED) is 0.776. The first-order valence-electron chi connectivity index (χ1n) is 5.82. The third-order valence-electron chi connectivity index (χ3n) is 2.69. The minimum atomic E-state index is -0.422. The van der Waals surface area contributed by atoms with Crippen molar-refractivity contribution in [1.29, 1.82) is 0 Å². The zero-order valence-electron chi connectivity index (χ0n) is 10.4. The number of phenols is 1. The molecule has 0 fully saturated rings. The number of amides is 1. The van der Waals surface area contributed by atoms with Gasteiger partial charge in [0.05, 0.1) is 0 Å². The lowest BCUT2D eigenvalue weighted by Crippen LogP contribution is -2.29. The SMILES string of the molecule is Cc1ccc(C(=O)NCc2ccc(O)cc2)c(=O)[nH]1. The number of phenolic OH excluding ortho intramolecular Hbond substituents is 1. The number of nitrogens with one attached hydrogen (secondary N) is 2. The molecular formula is C14H14N2O3. The van der Waals surface area contributed by atoms with Crippen LogP contribution in [0.25, 0.3) is 0 Å². The summed E-state index contributed by atoms with van der Waals surface area (Å²) in [5.41, 5.74) is 1.24. The van der Waals surface area contributed by atoms with Crippen molar-refractivity contribution in [2.24, 2.45) is 0 Å². The van der Waals surface area contributed by atoms with Crippen LogP contribution in [0.5, 0.6) is 5.75 Å². The molecule has 0 aliphatic carbocycles. The summed E-state index contributed by atoms with van der Waals surface area (Å²) in [6.45, 7) is 2.05. The van der Waals surface area contributed by atoms with E-state index in [4.69, 9.17) is 5.11 Å². The van der Waals surface area contributed by atoms with Crippen LogP contribution in [0, 0.1) is 6.92 Å². The van der Waals surface area contributed by atoms with E-state index in [1.54, 1.807) is 37.3 Å². The largest absolute Gasteiger partial charge is 0.508 e. The Morgan fingerprint density at radius 1 is 1.21 bits per heavy atom. The van der Waals surface area contributed by atoms with E-state index in [1.807, 2.05) is 0 Å². The van der Waals surface area contributed by atoms with Gasteiger partial charge in [-0.15, -0.1) is 0 Å². The van der Waals surface area contributed by atoms with Crippen LogP contribution >= 0.6 is 0 Å². The van der Waals surface area contributed by atoms with Gasteiger partial charge in [-0.2, -0.15) is 0 Å². The van der Waals surface area contributed by atoms with Gasteiger partial charge in [0.1, 0.15) is 11.3 Å². The van der Waals surface area contributed by atoms with Crippen molar-refractivity contribution < 1.29 is 9.90 Å². The number of hydrogen-bond acceptors (Lipinski definition) is 3. The van der Waals surface area contributed by atoms with Crippen molar-refractivity contribution in [3.8, 4) is 5.75 Å².